The lowest BCUT2D eigenvalue weighted by Gasteiger charge is -2.07. The van der Waals surface area contributed by atoms with Gasteiger partial charge in [0.2, 0.25) is 0 Å². The van der Waals surface area contributed by atoms with Gasteiger partial charge in [0.15, 0.2) is 0 Å². The number of anilines is 1. The van der Waals surface area contributed by atoms with Gasteiger partial charge in [0.05, 0.1) is 6.61 Å². The average molecular weight is 293 g/mol. The summed E-state index contributed by atoms with van der Waals surface area (Å²) >= 11 is 0. The Morgan fingerprint density at radius 1 is 1.10 bits per heavy atom. The van der Waals surface area contributed by atoms with Crippen LogP contribution < -0.4 is 5.32 Å². The Balaban J connectivity index is 1.99. The van der Waals surface area contributed by atoms with Crippen molar-refractivity contribution in [3.8, 4) is 5.75 Å². The van der Waals surface area contributed by atoms with E-state index >= 15 is 0 Å². The van der Waals surface area contributed by atoms with Crippen molar-refractivity contribution in [2.24, 2.45) is 0 Å². The largest absolute Gasteiger partial charge is 0.508 e. The average Bonchev–Trinajstić information content (AvgIpc) is 2.45. The molecule has 21 heavy (non-hydrogen) atoms. The van der Waals surface area contributed by atoms with E-state index in [1.165, 1.54) is 44.6 Å². The van der Waals surface area contributed by atoms with Crippen LogP contribution in [0.5, 0.6) is 5.75 Å². The third-order valence-electron chi connectivity index (χ3n) is 3.32. The molecule has 118 valence electrons. The molecule has 0 saturated carbocycles. The maximum Gasteiger partial charge on any atom is 0.411 e. The molecule has 4 nitrogen and oxygen atoms in total. The Bertz CT molecular complexity index is 407. The zero-order valence-corrected chi connectivity index (χ0v) is 12.9. The molecule has 1 aromatic carbocycles. The molecule has 0 unspecified atom stereocenters. The summed E-state index contributed by atoms with van der Waals surface area (Å²) in [6, 6.07) is 6.41. The highest BCUT2D eigenvalue weighted by Crippen LogP contribution is 2.15. The first-order valence-corrected chi connectivity index (χ1v) is 7.95. The van der Waals surface area contributed by atoms with Crippen LogP contribution in [0.1, 0.15) is 58.3 Å². The van der Waals surface area contributed by atoms with Crippen molar-refractivity contribution >= 4 is 11.8 Å². The molecule has 1 amide bonds. The van der Waals surface area contributed by atoms with E-state index in [1.807, 2.05) is 0 Å². The molecule has 0 aliphatic heterocycles. The fourth-order valence-electron chi connectivity index (χ4n) is 2.14. The van der Waals surface area contributed by atoms with E-state index in [9.17, 15) is 9.90 Å². The summed E-state index contributed by atoms with van der Waals surface area (Å²) < 4.78 is 5.10. The van der Waals surface area contributed by atoms with E-state index in [1.54, 1.807) is 18.2 Å². The summed E-state index contributed by atoms with van der Waals surface area (Å²) in [5, 5.41) is 11.9. The van der Waals surface area contributed by atoms with Crippen LogP contribution in [0.25, 0.3) is 0 Å². The summed E-state index contributed by atoms with van der Waals surface area (Å²) in [6.07, 6.45) is 9.28. The van der Waals surface area contributed by atoms with Crippen molar-refractivity contribution in [2.45, 2.75) is 58.3 Å². The van der Waals surface area contributed by atoms with Gasteiger partial charge in [-0.2, -0.15) is 0 Å². The number of rotatable bonds is 10. The number of ether oxygens (including phenoxy) is 1. The van der Waals surface area contributed by atoms with Gasteiger partial charge >= 0.3 is 6.09 Å². The Morgan fingerprint density at radius 3 is 2.43 bits per heavy atom. The summed E-state index contributed by atoms with van der Waals surface area (Å²) in [5.74, 6) is 0.121. The van der Waals surface area contributed by atoms with Crippen LogP contribution in [0.2, 0.25) is 0 Å². The number of aromatic hydroxyl groups is 1. The van der Waals surface area contributed by atoms with Crippen LogP contribution in [-0.4, -0.2) is 17.8 Å². The molecule has 1 rings (SSSR count). The number of nitrogens with one attached hydrogen (secondary N) is 1. The first kappa shape index (κ1) is 17.3. The fraction of sp³-hybridized carbons (Fsp3) is 0.588. The number of hydrogen-bond donors (Lipinski definition) is 2. The molecule has 0 saturated heterocycles. The molecule has 0 aromatic heterocycles. The maximum absolute atomic E-state index is 11.5. The molecule has 1 aromatic rings. The number of phenols is 1. The van der Waals surface area contributed by atoms with Crippen molar-refractivity contribution in [1.82, 2.24) is 0 Å². The Hall–Kier alpha value is -1.71. The molecule has 2 N–H and O–H groups in total. The lowest BCUT2D eigenvalue weighted by atomic mass is 10.1. The highest BCUT2D eigenvalue weighted by atomic mass is 16.5. The van der Waals surface area contributed by atoms with Crippen LogP contribution >= 0.6 is 0 Å². The molecular weight excluding hydrogens is 266 g/mol. The first-order valence-electron chi connectivity index (χ1n) is 7.95. The minimum Gasteiger partial charge on any atom is -0.508 e. The second-order valence-electron chi connectivity index (χ2n) is 5.29. The summed E-state index contributed by atoms with van der Waals surface area (Å²) in [7, 11) is 0. The van der Waals surface area contributed by atoms with Crippen molar-refractivity contribution in [1.29, 1.82) is 0 Å². The van der Waals surface area contributed by atoms with E-state index in [0.29, 0.717) is 12.3 Å². The zero-order chi connectivity index (χ0) is 15.3. The minimum absolute atomic E-state index is 0.121. The SMILES string of the molecule is CCCCCCCCCCOC(=O)Nc1cccc(O)c1. The predicted octanol–water partition coefficient (Wildman–Crippen LogP) is 5.08. The van der Waals surface area contributed by atoms with Crippen molar-refractivity contribution in [3.05, 3.63) is 24.3 Å². The standard InChI is InChI=1S/C17H27NO3/c1-2-3-4-5-6-7-8-9-13-21-17(20)18-15-11-10-12-16(19)14-15/h10-12,14,19H,2-9,13H2,1H3,(H,18,20). The molecule has 0 fully saturated rings. The molecule has 0 spiro atoms. The fourth-order valence-corrected chi connectivity index (χ4v) is 2.14. The van der Waals surface area contributed by atoms with Gasteiger partial charge in [-0.25, -0.2) is 4.79 Å². The number of benzene rings is 1. The van der Waals surface area contributed by atoms with Crippen molar-refractivity contribution < 1.29 is 14.6 Å². The number of amides is 1. The summed E-state index contributed by atoms with van der Waals surface area (Å²) in [5.41, 5.74) is 0.538. The molecule has 0 bridgehead atoms. The Labute approximate surface area is 127 Å². The smallest absolute Gasteiger partial charge is 0.411 e. The van der Waals surface area contributed by atoms with Crippen LogP contribution in [0, 0.1) is 0 Å². The second kappa shape index (κ2) is 11.0. The van der Waals surface area contributed by atoms with E-state index in [4.69, 9.17) is 4.74 Å². The molecular formula is C17H27NO3. The third-order valence-corrected chi connectivity index (χ3v) is 3.32. The van der Waals surface area contributed by atoms with E-state index < -0.39 is 6.09 Å². The van der Waals surface area contributed by atoms with Gasteiger partial charge < -0.3 is 9.84 Å². The van der Waals surface area contributed by atoms with Crippen molar-refractivity contribution in [2.75, 3.05) is 11.9 Å². The van der Waals surface area contributed by atoms with Gasteiger partial charge in [-0.05, 0) is 18.6 Å². The Kier molecular flexibility index (Phi) is 9.09. The lowest BCUT2D eigenvalue weighted by molar-refractivity contribution is 0.159. The van der Waals surface area contributed by atoms with E-state index in [0.717, 1.165) is 12.8 Å². The number of carbonyl (C=O) groups excluding carboxylic acids is 1. The quantitative estimate of drug-likeness (QED) is 0.591. The van der Waals surface area contributed by atoms with Gasteiger partial charge in [-0.3, -0.25) is 5.32 Å². The lowest BCUT2D eigenvalue weighted by Crippen LogP contribution is -2.14. The summed E-state index contributed by atoms with van der Waals surface area (Å²) in [6.45, 7) is 2.67. The normalized spacial score (nSPS) is 10.3. The third kappa shape index (κ3) is 8.95. The first-order chi connectivity index (χ1) is 10.2. The number of carbonyl (C=O) groups is 1. The summed E-state index contributed by atoms with van der Waals surface area (Å²) in [4.78, 5) is 11.5. The second-order valence-corrected chi connectivity index (χ2v) is 5.29. The monoisotopic (exact) mass is 293 g/mol. The molecule has 0 atom stereocenters. The minimum atomic E-state index is -0.469. The van der Waals surface area contributed by atoms with E-state index in [2.05, 4.69) is 12.2 Å². The van der Waals surface area contributed by atoms with E-state index in [-0.39, 0.29) is 5.75 Å². The van der Waals surface area contributed by atoms with Crippen LogP contribution in [-0.2, 0) is 4.74 Å². The van der Waals surface area contributed by atoms with Crippen LogP contribution in [0.15, 0.2) is 24.3 Å². The predicted molar refractivity (Wildman–Crippen MR) is 85.7 cm³/mol. The number of unbranched alkanes of at least 4 members (excludes halogenated alkanes) is 7. The van der Waals surface area contributed by atoms with Crippen LogP contribution in [0.3, 0.4) is 0 Å². The molecule has 0 radical (unpaired) electrons. The molecule has 0 aliphatic rings. The molecule has 4 heteroatoms. The zero-order valence-electron chi connectivity index (χ0n) is 12.9. The van der Waals surface area contributed by atoms with Gasteiger partial charge in [0, 0.05) is 11.8 Å². The highest BCUT2D eigenvalue weighted by Gasteiger charge is 2.03. The molecule has 0 aliphatic carbocycles. The van der Waals surface area contributed by atoms with Crippen molar-refractivity contribution in [3.63, 3.8) is 0 Å². The van der Waals surface area contributed by atoms with Gasteiger partial charge in [-0.1, -0.05) is 57.9 Å². The van der Waals surface area contributed by atoms with Gasteiger partial charge in [0.25, 0.3) is 0 Å². The van der Waals surface area contributed by atoms with Gasteiger partial charge in [-0.15, -0.1) is 0 Å². The number of hydrogen-bond acceptors (Lipinski definition) is 3. The molecule has 0 heterocycles. The topological polar surface area (TPSA) is 58.6 Å². The number of phenolic OH excluding ortho intramolecular Hbond substituents is 1. The maximum atomic E-state index is 11.5. The highest BCUT2D eigenvalue weighted by molar-refractivity contribution is 5.84. The Morgan fingerprint density at radius 2 is 1.76 bits per heavy atom. The van der Waals surface area contributed by atoms with Crippen LogP contribution in [0.4, 0.5) is 10.5 Å². The van der Waals surface area contributed by atoms with Gasteiger partial charge in [0.1, 0.15) is 5.75 Å².